The minimum absolute atomic E-state index is 0.341. The Morgan fingerprint density at radius 2 is 1.71 bits per heavy atom. The van der Waals surface area contributed by atoms with Gasteiger partial charge >= 0.3 is 0 Å². The summed E-state index contributed by atoms with van der Waals surface area (Å²) < 4.78 is 0.994. The molecule has 1 rings (SSSR count). The number of halogens is 3. The molecule has 0 heterocycles. The average molecular weight is 526 g/mol. The van der Waals surface area contributed by atoms with E-state index in [9.17, 15) is 0 Å². The third-order valence-corrected chi connectivity index (χ3v) is 8.26. The summed E-state index contributed by atoms with van der Waals surface area (Å²) in [6.07, 6.45) is 1.14. The van der Waals surface area contributed by atoms with Crippen molar-refractivity contribution in [1.82, 2.24) is 0 Å². The van der Waals surface area contributed by atoms with E-state index in [1.807, 2.05) is 0 Å². The largest absolute Gasteiger partial charge is 0.0772 e. The maximum absolute atomic E-state index is 2.56. The molecule has 0 aliphatic carbocycles. The van der Waals surface area contributed by atoms with Crippen LogP contribution in [0.2, 0.25) is 0 Å². The van der Waals surface area contributed by atoms with Crippen LogP contribution in [0.4, 0.5) is 0 Å². The second kappa shape index (κ2) is 5.65. The number of rotatable bonds is 3. The first-order valence-electron chi connectivity index (χ1n) is 4.44. The smallest absolute Gasteiger partial charge is 0.0768 e. The number of benzene rings is 1. The third-order valence-electron chi connectivity index (χ3n) is 2.13. The molecule has 0 aromatic heterocycles. The van der Waals surface area contributed by atoms with E-state index in [0.29, 0.717) is 5.35 Å². The van der Waals surface area contributed by atoms with Crippen LogP contribution in [0.25, 0.3) is 0 Å². The van der Waals surface area contributed by atoms with Gasteiger partial charge in [-0.15, -0.1) is 0 Å². The number of hydrogen-bond acceptors (Lipinski definition) is 0. The summed E-state index contributed by atoms with van der Waals surface area (Å²) in [5, 5.41) is 0. The summed E-state index contributed by atoms with van der Waals surface area (Å²) in [6, 6.07) is 8.86. The lowest BCUT2D eigenvalue weighted by atomic mass is 10.0. The quantitative estimate of drug-likeness (QED) is 0.388. The molecule has 1 unspecified atom stereocenters. The standard InChI is InChI=1S/C11H13I3/c1-8-3-5-9(6-4-8)7-11(2,14)10(12)13/h3-6,10H,7H2,1-2H3. The molecule has 0 amide bonds. The fourth-order valence-corrected chi connectivity index (χ4v) is 2.06. The zero-order valence-electron chi connectivity index (χ0n) is 8.23. The molecule has 0 N–H and O–H groups in total. The van der Waals surface area contributed by atoms with E-state index in [1.165, 1.54) is 11.1 Å². The van der Waals surface area contributed by atoms with Crippen LogP contribution >= 0.6 is 67.8 Å². The van der Waals surface area contributed by atoms with Gasteiger partial charge in [0, 0.05) is 3.42 Å². The molecular weight excluding hydrogens is 513 g/mol. The van der Waals surface area contributed by atoms with Gasteiger partial charge in [-0.25, -0.2) is 0 Å². The molecule has 0 aliphatic rings. The van der Waals surface area contributed by atoms with Gasteiger partial charge in [0.1, 0.15) is 0 Å². The second-order valence-electron chi connectivity index (χ2n) is 3.74. The molecule has 0 fully saturated rings. The molecule has 0 aliphatic heterocycles. The Kier molecular flexibility index (Phi) is 5.44. The van der Waals surface area contributed by atoms with Gasteiger partial charge in [0.2, 0.25) is 0 Å². The van der Waals surface area contributed by atoms with Crippen LogP contribution in [0.3, 0.4) is 0 Å². The van der Waals surface area contributed by atoms with Crippen molar-refractivity contribution in [3.63, 3.8) is 0 Å². The first kappa shape index (κ1) is 13.5. The second-order valence-corrected chi connectivity index (χ2v) is 11.1. The Morgan fingerprint density at radius 1 is 1.21 bits per heavy atom. The maximum atomic E-state index is 2.56. The highest BCUT2D eigenvalue weighted by Gasteiger charge is 2.27. The van der Waals surface area contributed by atoms with Gasteiger partial charge in [-0.2, -0.15) is 0 Å². The van der Waals surface area contributed by atoms with E-state index < -0.39 is 0 Å². The molecule has 78 valence electrons. The van der Waals surface area contributed by atoms with Crippen LogP contribution in [0.5, 0.6) is 0 Å². The minimum atomic E-state index is 0.341. The molecule has 0 saturated carbocycles. The molecule has 0 spiro atoms. The van der Waals surface area contributed by atoms with Crippen molar-refractivity contribution < 1.29 is 0 Å². The SMILES string of the molecule is Cc1ccc(CC(C)(I)C(I)I)cc1. The van der Waals surface area contributed by atoms with Crippen LogP contribution in [0.15, 0.2) is 24.3 Å². The first-order chi connectivity index (χ1) is 6.42. The van der Waals surface area contributed by atoms with Crippen molar-refractivity contribution in [3.8, 4) is 0 Å². The van der Waals surface area contributed by atoms with Crippen molar-refractivity contribution in [2.24, 2.45) is 0 Å². The first-order valence-corrected chi connectivity index (χ1v) is 8.01. The van der Waals surface area contributed by atoms with Crippen LogP contribution in [0.1, 0.15) is 18.1 Å². The van der Waals surface area contributed by atoms with Gasteiger partial charge in [0.25, 0.3) is 0 Å². The van der Waals surface area contributed by atoms with E-state index >= 15 is 0 Å². The summed E-state index contributed by atoms with van der Waals surface area (Å²) in [5.74, 6) is 0. The van der Waals surface area contributed by atoms with Crippen LogP contribution in [0, 0.1) is 6.92 Å². The van der Waals surface area contributed by atoms with E-state index in [-0.39, 0.29) is 0 Å². The minimum Gasteiger partial charge on any atom is -0.0768 e. The molecule has 0 radical (unpaired) electrons. The molecule has 0 bridgehead atoms. The predicted octanol–water partition coefficient (Wildman–Crippen LogP) is 4.93. The van der Waals surface area contributed by atoms with Crippen LogP contribution in [-0.4, -0.2) is 5.35 Å². The molecule has 14 heavy (non-hydrogen) atoms. The zero-order valence-corrected chi connectivity index (χ0v) is 14.7. The third kappa shape index (κ3) is 4.11. The Balaban J connectivity index is 2.74. The molecule has 0 saturated heterocycles. The molecule has 1 aromatic carbocycles. The highest BCUT2D eigenvalue weighted by atomic mass is 127. The molecule has 1 aromatic rings. The lowest BCUT2D eigenvalue weighted by Crippen LogP contribution is -2.26. The average Bonchev–Trinajstić information content (AvgIpc) is 2.08. The van der Waals surface area contributed by atoms with Gasteiger partial charge in [-0.1, -0.05) is 97.6 Å². The van der Waals surface area contributed by atoms with Gasteiger partial charge in [-0.3, -0.25) is 0 Å². The van der Waals surface area contributed by atoms with Gasteiger partial charge in [0.15, 0.2) is 0 Å². The zero-order chi connectivity index (χ0) is 10.8. The van der Waals surface area contributed by atoms with E-state index in [1.54, 1.807) is 0 Å². The van der Waals surface area contributed by atoms with E-state index in [0.717, 1.165) is 6.42 Å². The Hall–Kier alpha value is 1.41. The Morgan fingerprint density at radius 3 is 2.14 bits per heavy atom. The van der Waals surface area contributed by atoms with Crippen LogP contribution in [-0.2, 0) is 6.42 Å². The lowest BCUT2D eigenvalue weighted by molar-refractivity contribution is 0.754. The van der Waals surface area contributed by atoms with E-state index in [4.69, 9.17) is 0 Å². The van der Waals surface area contributed by atoms with Crippen molar-refractivity contribution in [1.29, 1.82) is 0 Å². The molecule has 0 nitrogen and oxygen atoms in total. The summed E-state index contributed by atoms with van der Waals surface area (Å²) in [5.41, 5.74) is 2.77. The van der Waals surface area contributed by atoms with Gasteiger partial charge in [0.05, 0.1) is 1.93 Å². The summed E-state index contributed by atoms with van der Waals surface area (Å²) >= 11 is 7.56. The Bertz CT molecular complexity index is 288. The fraction of sp³-hybridized carbons (Fsp3) is 0.455. The van der Waals surface area contributed by atoms with Crippen molar-refractivity contribution >= 4 is 67.8 Å². The van der Waals surface area contributed by atoms with Gasteiger partial charge in [-0.05, 0) is 25.8 Å². The molecular formula is C11H13I3. The normalized spacial score (nSPS) is 15.6. The Labute approximate surface area is 127 Å². The van der Waals surface area contributed by atoms with Crippen molar-refractivity contribution in [3.05, 3.63) is 35.4 Å². The summed E-state index contributed by atoms with van der Waals surface area (Å²) in [7, 11) is 0. The number of alkyl halides is 3. The predicted molar refractivity (Wildman–Crippen MR) is 89.1 cm³/mol. The lowest BCUT2D eigenvalue weighted by Gasteiger charge is -2.24. The highest BCUT2D eigenvalue weighted by Crippen LogP contribution is 2.36. The fourth-order valence-electron chi connectivity index (χ4n) is 1.18. The number of hydrogen-bond donors (Lipinski definition) is 0. The summed E-state index contributed by atoms with van der Waals surface area (Å²) in [6.45, 7) is 4.45. The van der Waals surface area contributed by atoms with Crippen molar-refractivity contribution in [2.75, 3.05) is 0 Å². The van der Waals surface area contributed by atoms with Crippen LogP contribution < -0.4 is 0 Å². The maximum Gasteiger partial charge on any atom is 0.0772 e. The summed E-state index contributed by atoms with van der Waals surface area (Å²) in [4.78, 5) is 0. The molecule has 1 atom stereocenters. The monoisotopic (exact) mass is 526 g/mol. The topological polar surface area (TPSA) is 0 Å². The molecule has 3 heteroatoms. The van der Waals surface area contributed by atoms with Crippen molar-refractivity contribution in [2.45, 2.75) is 25.6 Å². The van der Waals surface area contributed by atoms with E-state index in [2.05, 4.69) is 106 Å². The number of aryl methyl sites for hydroxylation is 1. The van der Waals surface area contributed by atoms with Gasteiger partial charge < -0.3 is 0 Å². The highest BCUT2D eigenvalue weighted by molar-refractivity contribution is 14.2.